The van der Waals surface area contributed by atoms with Gasteiger partial charge in [0.15, 0.2) is 0 Å². The molecular formula is C29H32ClN7O5. The number of nitrogens with zero attached hydrogens (tertiary/aromatic N) is 4. The Labute approximate surface area is 247 Å². The third kappa shape index (κ3) is 6.18. The van der Waals surface area contributed by atoms with Crippen molar-refractivity contribution in [3.63, 3.8) is 0 Å². The number of rotatable bonds is 9. The van der Waals surface area contributed by atoms with E-state index in [-0.39, 0.29) is 11.6 Å². The number of ether oxygens (including phenoxy) is 2. The number of halogens is 1. The number of benzene rings is 2. The zero-order valence-electron chi connectivity index (χ0n) is 23.9. The summed E-state index contributed by atoms with van der Waals surface area (Å²) in [6, 6.07) is 10.7. The number of amides is 1. The number of fused-ring (bicyclic) bond motifs is 1. The number of nitro groups is 1. The maximum absolute atomic E-state index is 12.4. The molecule has 0 bridgehead atoms. The molecule has 0 atom stereocenters. The lowest BCUT2D eigenvalue weighted by molar-refractivity contribution is -0.384. The lowest BCUT2D eigenvalue weighted by Crippen LogP contribution is -2.46. The molecular weight excluding hydrogens is 562 g/mol. The molecule has 13 heteroatoms. The van der Waals surface area contributed by atoms with Crippen molar-refractivity contribution in [2.24, 2.45) is 0 Å². The molecule has 42 heavy (non-hydrogen) atoms. The molecule has 220 valence electrons. The van der Waals surface area contributed by atoms with E-state index in [9.17, 15) is 14.9 Å². The van der Waals surface area contributed by atoms with Crippen LogP contribution in [0.4, 0.5) is 27.8 Å². The summed E-state index contributed by atoms with van der Waals surface area (Å²) in [5.41, 5.74) is 1.55. The van der Waals surface area contributed by atoms with Crippen LogP contribution in [-0.2, 0) is 4.74 Å². The van der Waals surface area contributed by atoms with E-state index >= 15 is 0 Å². The fraction of sp³-hybridized carbons (Fsp3) is 0.345. The summed E-state index contributed by atoms with van der Waals surface area (Å²) in [5.74, 6) is 0.534. The summed E-state index contributed by atoms with van der Waals surface area (Å²) in [5, 5.41) is 19.5. The maximum Gasteiger partial charge on any atom is 0.408 e. The average Bonchev–Trinajstić information content (AvgIpc) is 3.52. The van der Waals surface area contributed by atoms with Crippen LogP contribution < -0.4 is 20.3 Å². The first-order chi connectivity index (χ1) is 19.9. The number of hydrogen-bond acceptors (Lipinski definition) is 9. The summed E-state index contributed by atoms with van der Waals surface area (Å²) in [7, 11) is 3.21. The zero-order chi connectivity index (χ0) is 30.2. The highest BCUT2D eigenvalue weighted by Gasteiger charge is 2.46. The Morgan fingerprint density at radius 1 is 1.26 bits per heavy atom. The SMILES string of the molecule is COc1cc(N(C)CC2(NC(=O)OC(C)(C)C)CC2)c([N+](=O)[O-])cc1Nc1ncc(Cl)c(-c2c[nH]c3ccccc23)n1. The predicted molar refractivity (Wildman–Crippen MR) is 162 cm³/mol. The van der Waals surface area contributed by atoms with Crippen molar-refractivity contribution in [1.29, 1.82) is 0 Å². The molecule has 0 unspecified atom stereocenters. The van der Waals surface area contributed by atoms with Gasteiger partial charge in [-0.25, -0.2) is 14.8 Å². The van der Waals surface area contributed by atoms with Gasteiger partial charge >= 0.3 is 6.09 Å². The highest BCUT2D eigenvalue weighted by Crippen LogP contribution is 2.42. The van der Waals surface area contributed by atoms with Crippen LogP contribution in [0.15, 0.2) is 48.8 Å². The smallest absolute Gasteiger partial charge is 0.408 e. The Bertz CT molecular complexity index is 1660. The third-order valence-electron chi connectivity index (χ3n) is 6.90. The molecule has 1 amide bonds. The molecule has 0 radical (unpaired) electrons. The Kier molecular flexibility index (Phi) is 7.58. The van der Waals surface area contributed by atoms with Crippen LogP contribution >= 0.6 is 11.6 Å². The monoisotopic (exact) mass is 593 g/mol. The van der Waals surface area contributed by atoms with Gasteiger partial charge < -0.3 is 30.0 Å². The molecule has 1 saturated carbocycles. The van der Waals surface area contributed by atoms with Crippen molar-refractivity contribution in [3.8, 4) is 17.0 Å². The molecule has 5 rings (SSSR count). The molecule has 0 aliphatic heterocycles. The minimum atomic E-state index is -0.634. The number of methoxy groups -OCH3 is 1. The fourth-order valence-electron chi connectivity index (χ4n) is 4.81. The molecule has 0 saturated heterocycles. The van der Waals surface area contributed by atoms with Crippen molar-refractivity contribution in [2.45, 2.75) is 44.8 Å². The number of aromatic nitrogens is 3. The zero-order valence-corrected chi connectivity index (χ0v) is 24.7. The standard InChI is InChI=1S/C29H32ClN7O5/c1-28(2,3)42-27(38)35-29(10-11-29)16-36(4)22-13-24(41-5)21(12-23(22)37(39)40)33-26-32-15-19(30)25(34-26)18-14-31-20-9-7-6-8-17(18)20/h6-9,12-15,31H,10-11,16H2,1-5H3,(H,35,38)(H,32,33,34). The van der Waals surface area contributed by atoms with Crippen LogP contribution in [0.25, 0.3) is 22.2 Å². The average molecular weight is 594 g/mol. The van der Waals surface area contributed by atoms with Gasteiger partial charge in [0.2, 0.25) is 5.95 Å². The minimum absolute atomic E-state index is 0.153. The lowest BCUT2D eigenvalue weighted by Gasteiger charge is -2.28. The van der Waals surface area contributed by atoms with E-state index in [0.29, 0.717) is 34.4 Å². The highest BCUT2D eigenvalue weighted by atomic mass is 35.5. The molecule has 1 fully saturated rings. The van der Waals surface area contributed by atoms with E-state index in [1.807, 2.05) is 30.5 Å². The van der Waals surface area contributed by atoms with Gasteiger partial charge in [0.25, 0.3) is 5.69 Å². The van der Waals surface area contributed by atoms with E-state index in [0.717, 1.165) is 29.3 Å². The molecule has 1 aliphatic rings. The largest absolute Gasteiger partial charge is 0.494 e. The molecule has 3 N–H and O–H groups in total. The number of nitrogens with one attached hydrogen (secondary N) is 3. The van der Waals surface area contributed by atoms with Crippen molar-refractivity contribution in [2.75, 3.05) is 30.9 Å². The number of anilines is 3. The molecule has 12 nitrogen and oxygen atoms in total. The maximum atomic E-state index is 12.4. The Hall–Kier alpha value is -4.58. The summed E-state index contributed by atoms with van der Waals surface area (Å²) in [4.78, 5) is 38.0. The molecule has 2 aromatic carbocycles. The fourth-order valence-corrected chi connectivity index (χ4v) is 5.01. The van der Waals surface area contributed by atoms with E-state index in [4.69, 9.17) is 21.1 Å². The molecule has 2 aromatic heterocycles. The van der Waals surface area contributed by atoms with Crippen LogP contribution in [0.1, 0.15) is 33.6 Å². The number of likely N-dealkylation sites (N-methyl/N-ethyl adjacent to an activating group) is 1. The lowest BCUT2D eigenvalue weighted by atomic mass is 10.1. The second-order valence-electron chi connectivity index (χ2n) is 11.3. The van der Waals surface area contributed by atoms with Gasteiger partial charge in [-0.15, -0.1) is 0 Å². The normalized spacial score (nSPS) is 13.9. The Morgan fingerprint density at radius 2 is 2.00 bits per heavy atom. The summed E-state index contributed by atoms with van der Waals surface area (Å²) >= 11 is 6.47. The highest BCUT2D eigenvalue weighted by molar-refractivity contribution is 6.33. The second-order valence-corrected chi connectivity index (χ2v) is 11.7. The van der Waals surface area contributed by atoms with E-state index in [1.165, 1.54) is 19.4 Å². The van der Waals surface area contributed by atoms with Crippen LogP contribution in [0.2, 0.25) is 5.02 Å². The van der Waals surface area contributed by atoms with Gasteiger partial charge in [-0.2, -0.15) is 0 Å². The molecule has 2 heterocycles. The number of aromatic amines is 1. The second kappa shape index (κ2) is 11.0. The topological polar surface area (TPSA) is 148 Å². The minimum Gasteiger partial charge on any atom is -0.494 e. The number of alkyl carbamates (subject to hydrolysis) is 1. The summed E-state index contributed by atoms with van der Waals surface area (Å²) in [6.07, 6.45) is 4.24. The van der Waals surface area contributed by atoms with Gasteiger partial charge in [0.05, 0.1) is 40.2 Å². The van der Waals surface area contributed by atoms with Gasteiger partial charge in [-0.1, -0.05) is 29.8 Å². The summed E-state index contributed by atoms with van der Waals surface area (Å²) < 4.78 is 11.0. The first kappa shape index (κ1) is 28.9. The molecule has 0 spiro atoms. The van der Waals surface area contributed by atoms with Crippen LogP contribution in [0, 0.1) is 10.1 Å². The van der Waals surface area contributed by atoms with Crippen molar-refractivity contribution < 1.29 is 19.2 Å². The predicted octanol–water partition coefficient (Wildman–Crippen LogP) is 6.43. The number of carbonyl (C=O) groups is 1. The molecule has 1 aliphatic carbocycles. The number of nitro benzene ring substituents is 1. The van der Waals surface area contributed by atoms with Gasteiger partial charge in [-0.3, -0.25) is 10.1 Å². The number of H-pyrrole nitrogens is 1. The van der Waals surface area contributed by atoms with E-state index in [1.54, 1.807) is 38.8 Å². The van der Waals surface area contributed by atoms with Crippen molar-refractivity contribution in [1.82, 2.24) is 20.3 Å². The van der Waals surface area contributed by atoms with Gasteiger partial charge in [0.1, 0.15) is 17.0 Å². The number of carbonyl (C=O) groups excluding carboxylic acids is 1. The third-order valence-corrected chi connectivity index (χ3v) is 7.18. The van der Waals surface area contributed by atoms with E-state index in [2.05, 4.69) is 25.6 Å². The molecule has 4 aromatic rings. The van der Waals surface area contributed by atoms with Crippen molar-refractivity contribution >= 4 is 51.6 Å². The first-order valence-corrected chi connectivity index (χ1v) is 13.7. The number of para-hydroxylation sites is 1. The van der Waals surface area contributed by atoms with Gasteiger partial charge in [-0.05, 0) is 39.7 Å². The van der Waals surface area contributed by atoms with Crippen LogP contribution in [0.5, 0.6) is 5.75 Å². The Morgan fingerprint density at radius 3 is 2.67 bits per heavy atom. The van der Waals surface area contributed by atoms with Crippen LogP contribution in [0.3, 0.4) is 0 Å². The Balaban J connectivity index is 1.42. The quantitative estimate of drug-likeness (QED) is 0.147. The van der Waals surface area contributed by atoms with Crippen molar-refractivity contribution in [3.05, 3.63) is 63.9 Å². The number of hydrogen-bond donors (Lipinski definition) is 3. The first-order valence-electron chi connectivity index (χ1n) is 13.3. The van der Waals surface area contributed by atoms with Gasteiger partial charge in [0, 0.05) is 48.4 Å². The summed E-state index contributed by atoms with van der Waals surface area (Å²) in [6.45, 7) is 5.72. The van der Waals surface area contributed by atoms with E-state index < -0.39 is 22.2 Å². The van der Waals surface area contributed by atoms with Crippen LogP contribution in [-0.4, -0.2) is 57.8 Å².